The molecule has 170 valence electrons. The Labute approximate surface area is 205 Å². The van der Waals surface area contributed by atoms with Crippen LogP contribution in [0.1, 0.15) is 18.1 Å². The highest BCUT2D eigenvalue weighted by atomic mass is 15.1. The van der Waals surface area contributed by atoms with Gasteiger partial charge in [-0.25, -0.2) is 0 Å². The molecule has 35 heavy (non-hydrogen) atoms. The van der Waals surface area contributed by atoms with Gasteiger partial charge >= 0.3 is 0 Å². The summed E-state index contributed by atoms with van der Waals surface area (Å²) in [5, 5.41) is 2.51. The fourth-order valence-electron chi connectivity index (χ4n) is 5.01. The van der Waals surface area contributed by atoms with Gasteiger partial charge in [-0.1, -0.05) is 78.9 Å². The number of hydrogen-bond acceptors (Lipinski definition) is 2. The summed E-state index contributed by atoms with van der Waals surface area (Å²) in [6.07, 6.45) is 10.6. The summed E-state index contributed by atoms with van der Waals surface area (Å²) in [5.74, 6) is 0. The van der Waals surface area contributed by atoms with E-state index in [0.29, 0.717) is 0 Å². The molecule has 0 atom stereocenters. The monoisotopic (exact) mass is 453 g/mol. The number of hydrogen-bond donors (Lipinski definition) is 1. The maximum Gasteiger partial charge on any atom is 0.0548 e. The average molecular weight is 454 g/mol. The molecule has 4 aromatic carbocycles. The maximum atomic E-state index is 5.84. The highest BCUT2D eigenvalue weighted by Crippen LogP contribution is 2.41. The van der Waals surface area contributed by atoms with Crippen molar-refractivity contribution in [3.05, 3.63) is 126 Å². The first-order valence-corrected chi connectivity index (χ1v) is 12.0. The van der Waals surface area contributed by atoms with Crippen LogP contribution in [-0.2, 0) is 0 Å². The van der Waals surface area contributed by atoms with Gasteiger partial charge in [-0.2, -0.15) is 0 Å². The fourth-order valence-corrected chi connectivity index (χ4v) is 5.01. The summed E-state index contributed by atoms with van der Waals surface area (Å²) in [6, 6.07) is 32.6. The first kappa shape index (κ1) is 21.1. The second-order valence-electron chi connectivity index (χ2n) is 8.96. The molecule has 0 aliphatic carbocycles. The van der Waals surface area contributed by atoms with E-state index in [1.165, 1.54) is 50.0 Å². The number of anilines is 2. The Balaban J connectivity index is 1.61. The molecular formula is C32H27N3. The van der Waals surface area contributed by atoms with Crippen molar-refractivity contribution >= 4 is 45.3 Å². The molecule has 0 fully saturated rings. The van der Waals surface area contributed by atoms with E-state index in [1.807, 2.05) is 19.1 Å². The van der Waals surface area contributed by atoms with E-state index in [4.69, 9.17) is 5.73 Å². The summed E-state index contributed by atoms with van der Waals surface area (Å²) in [5.41, 5.74) is 15.1. The molecule has 0 saturated heterocycles. The Kier molecular flexibility index (Phi) is 5.23. The molecule has 3 nitrogen and oxygen atoms in total. The fraction of sp³-hybridized carbons (Fsp3) is 0.0625. The molecule has 1 aliphatic rings. The van der Waals surface area contributed by atoms with Crippen LogP contribution in [0, 0.1) is 0 Å². The standard InChI is InChI=1S/C32H27N3/c1-23(33)11-9-10-20-34-29-16-7-5-12-24(29)18-19-25-21-32-28(22-31(25)34)27-15-6-8-17-30(27)35(32)26-13-3-2-4-14-26/h2-19,21-22H,20,33H2,1H3/b10-9-,23-11-. The van der Waals surface area contributed by atoms with Gasteiger partial charge in [-0.3, -0.25) is 0 Å². The molecule has 2 heterocycles. The number of fused-ring (bicyclic) bond motifs is 5. The summed E-state index contributed by atoms with van der Waals surface area (Å²) < 4.78 is 2.37. The van der Waals surface area contributed by atoms with Crippen molar-refractivity contribution in [1.29, 1.82) is 0 Å². The Morgan fingerprint density at radius 1 is 0.743 bits per heavy atom. The van der Waals surface area contributed by atoms with Crippen LogP contribution in [0.5, 0.6) is 0 Å². The summed E-state index contributed by atoms with van der Waals surface area (Å²) in [7, 11) is 0. The van der Waals surface area contributed by atoms with E-state index < -0.39 is 0 Å². The lowest BCUT2D eigenvalue weighted by Crippen LogP contribution is -2.18. The zero-order valence-corrected chi connectivity index (χ0v) is 19.7. The van der Waals surface area contributed by atoms with Crippen LogP contribution >= 0.6 is 0 Å². The molecular weight excluding hydrogens is 426 g/mol. The van der Waals surface area contributed by atoms with Crippen LogP contribution in [0.4, 0.5) is 11.4 Å². The third kappa shape index (κ3) is 3.71. The van der Waals surface area contributed by atoms with Gasteiger partial charge < -0.3 is 15.2 Å². The van der Waals surface area contributed by atoms with E-state index >= 15 is 0 Å². The molecule has 0 spiro atoms. The van der Waals surface area contributed by atoms with E-state index in [-0.39, 0.29) is 0 Å². The van der Waals surface area contributed by atoms with Crippen LogP contribution in [0.25, 0.3) is 39.6 Å². The van der Waals surface area contributed by atoms with Crippen LogP contribution in [-0.4, -0.2) is 11.1 Å². The smallest absolute Gasteiger partial charge is 0.0548 e. The Hall–Kier alpha value is -4.50. The average Bonchev–Trinajstić information content (AvgIpc) is 3.12. The zero-order valence-electron chi connectivity index (χ0n) is 19.7. The number of rotatable bonds is 4. The summed E-state index contributed by atoms with van der Waals surface area (Å²) in [4.78, 5) is 2.40. The van der Waals surface area contributed by atoms with Crippen molar-refractivity contribution in [3.63, 3.8) is 0 Å². The summed E-state index contributed by atoms with van der Waals surface area (Å²) >= 11 is 0. The second-order valence-corrected chi connectivity index (χ2v) is 8.96. The van der Waals surface area contributed by atoms with Gasteiger partial charge in [-0.15, -0.1) is 0 Å². The molecule has 3 heteroatoms. The molecule has 2 N–H and O–H groups in total. The van der Waals surface area contributed by atoms with Gasteiger partial charge in [-0.05, 0) is 55.0 Å². The first-order valence-electron chi connectivity index (χ1n) is 12.0. The topological polar surface area (TPSA) is 34.2 Å². The van der Waals surface area contributed by atoms with Gasteiger partial charge in [0.15, 0.2) is 0 Å². The lowest BCUT2D eigenvalue weighted by atomic mass is 10.1. The van der Waals surface area contributed by atoms with Gasteiger partial charge in [0.2, 0.25) is 0 Å². The minimum absolute atomic E-state index is 0.748. The van der Waals surface area contributed by atoms with E-state index in [1.54, 1.807) is 0 Å². The minimum atomic E-state index is 0.748. The number of allylic oxidation sites excluding steroid dienone is 3. The maximum absolute atomic E-state index is 5.84. The predicted octanol–water partition coefficient (Wildman–Crippen LogP) is 7.82. The first-order chi connectivity index (χ1) is 17.2. The largest absolute Gasteiger partial charge is 0.402 e. The normalized spacial score (nSPS) is 13.4. The van der Waals surface area contributed by atoms with Crippen molar-refractivity contribution in [2.75, 3.05) is 11.4 Å². The quantitative estimate of drug-likeness (QED) is 0.281. The molecule has 5 aromatic rings. The molecule has 1 aliphatic heterocycles. The van der Waals surface area contributed by atoms with Gasteiger partial charge in [0.25, 0.3) is 0 Å². The van der Waals surface area contributed by atoms with E-state index in [9.17, 15) is 0 Å². The zero-order chi connectivity index (χ0) is 23.8. The molecule has 0 saturated carbocycles. The number of nitrogens with zero attached hydrogens (tertiary/aromatic N) is 2. The third-order valence-corrected chi connectivity index (χ3v) is 6.58. The Morgan fingerprint density at radius 2 is 1.49 bits per heavy atom. The Bertz CT molecular complexity index is 1630. The predicted molar refractivity (Wildman–Crippen MR) is 150 cm³/mol. The van der Waals surface area contributed by atoms with Crippen LogP contribution in [0.2, 0.25) is 0 Å². The van der Waals surface area contributed by atoms with Gasteiger partial charge in [0.1, 0.15) is 0 Å². The Morgan fingerprint density at radius 3 is 2.34 bits per heavy atom. The molecule has 0 amide bonds. The van der Waals surface area contributed by atoms with Crippen LogP contribution in [0.3, 0.4) is 0 Å². The molecule has 1 aromatic heterocycles. The van der Waals surface area contributed by atoms with Crippen molar-refractivity contribution in [2.45, 2.75) is 6.92 Å². The minimum Gasteiger partial charge on any atom is -0.402 e. The lowest BCUT2D eigenvalue weighted by Gasteiger charge is -2.26. The molecule has 0 unspecified atom stereocenters. The number of nitrogens with two attached hydrogens (primary N) is 1. The number of aromatic nitrogens is 1. The van der Waals surface area contributed by atoms with Gasteiger partial charge in [0.05, 0.1) is 11.0 Å². The van der Waals surface area contributed by atoms with Crippen LogP contribution < -0.4 is 10.6 Å². The third-order valence-electron chi connectivity index (χ3n) is 6.58. The second kappa shape index (κ2) is 8.69. The molecule has 0 bridgehead atoms. The highest BCUT2D eigenvalue weighted by Gasteiger charge is 2.20. The van der Waals surface area contributed by atoms with E-state index in [2.05, 4.69) is 119 Å². The van der Waals surface area contributed by atoms with Crippen molar-refractivity contribution in [3.8, 4) is 5.69 Å². The number of benzene rings is 4. The SMILES string of the molecule is C/C(N)=C/C=C\CN1c2ccccc2C=Cc2cc3c(cc21)c1ccccc1n3-c1ccccc1. The number of para-hydroxylation sites is 3. The molecule has 6 rings (SSSR count). The van der Waals surface area contributed by atoms with Crippen molar-refractivity contribution in [2.24, 2.45) is 5.73 Å². The lowest BCUT2D eigenvalue weighted by molar-refractivity contribution is 1.09. The van der Waals surface area contributed by atoms with Crippen LogP contribution in [0.15, 0.2) is 115 Å². The van der Waals surface area contributed by atoms with E-state index in [0.717, 1.165) is 12.2 Å². The van der Waals surface area contributed by atoms with Crippen molar-refractivity contribution in [1.82, 2.24) is 4.57 Å². The summed E-state index contributed by atoms with van der Waals surface area (Å²) in [6.45, 7) is 2.66. The van der Waals surface area contributed by atoms with Gasteiger partial charge in [0, 0.05) is 45.6 Å². The molecule has 0 radical (unpaired) electrons. The highest BCUT2D eigenvalue weighted by molar-refractivity contribution is 6.12. The van der Waals surface area contributed by atoms with Crippen molar-refractivity contribution < 1.29 is 0 Å².